The van der Waals surface area contributed by atoms with Crippen LogP contribution in [-0.2, 0) is 4.74 Å². The van der Waals surface area contributed by atoms with Gasteiger partial charge in [-0.25, -0.2) is 0 Å². The summed E-state index contributed by atoms with van der Waals surface area (Å²) in [4.78, 5) is 0. The van der Waals surface area contributed by atoms with Crippen molar-refractivity contribution in [1.82, 2.24) is 5.32 Å². The lowest BCUT2D eigenvalue weighted by atomic mass is 10.1. The fraction of sp³-hybridized carbons (Fsp3) is 1.00. The maximum atomic E-state index is 11.8. The third-order valence-corrected chi connectivity index (χ3v) is 2.26. The van der Waals surface area contributed by atoms with Crippen molar-refractivity contribution < 1.29 is 17.9 Å². The molecule has 1 unspecified atom stereocenters. The van der Waals surface area contributed by atoms with Crippen LogP contribution in [0.25, 0.3) is 0 Å². The number of ether oxygens (including phenoxy) is 1. The van der Waals surface area contributed by atoms with E-state index in [1.807, 2.05) is 6.92 Å². The largest absolute Gasteiger partial charge is 0.389 e. The van der Waals surface area contributed by atoms with E-state index in [1.54, 1.807) is 0 Å². The van der Waals surface area contributed by atoms with E-state index in [2.05, 4.69) is 5.32 Å². The van der Waals surface area contributed by atoms with Gasteiger partial charge in [-0.3, -0.25) is 0 Å². The van der Waals surface area contributed by atoms with E-state index in [0.717, 1.165) is 0 Å². The third kappa shape index (κ3) is 4.81. The summed E-state index contributed by atoms with van der Waals surface area (Å²) in [5, 5.41) is 3.21. The molecule has 0 spiro atoms. The Bertz CT molecular complexity index is 168. The van der Waals surface area contributed by atoms with Gasteiger partial charge in [-0.15, -0.1) is 0 Å². The van der Waals surface area contributed by atoms with Crippen molar-refractivity contribution >= 4 is 0 Å². The Hall–Kier alpha value is -0.290. The molecule has 0 radical (unpaired) electrons. The number of nitrogens with one attached hydrogen (secondary N) is 1. The Kier molecular flexibility index (Phi) is 4.19. The first-order valence-electron chi connectivity index (χ1n) is 4.88. The zero-order valence-electron chi connectivity index (χ0n) is 8.23. The lowest BCUT2D eigenvalue weighted by molar-refractivity contribution is -0.135. The van der Waals surface area contributed by atoms with Crippen LogP contribution >= 0.6 is 0 Å². The van der Waals surface area contributed by atoms with Gasteiger partial charge < -0.3 is 10.1 Å². The van der Waals surface area contributed by atoms with Crippen LogP contribution in [-0.4, -0.2) is 31.5 Å². The summed E-state index contributed by atoms with van der Waals surface area (Å²) in [6.07, 6.45) is -3.93. The van der Waals surface area contributed by atoms with Gasteiger partial charge in [0.05, 0.1) is 19.3 Å². The predicted octanol–water partition coefficient (Wildman–Crippen LogP) is 2.10. The minimum atomic E-state index is -4.01. The second-order valence-corrected chi connectivity index (χ2v) is 3.81. The second kappa shape index (κ2) is 4.98. The first-order chi connectivity index (χ1) is 6.47. The van der Waals surface area contributed by atoms with Crippen LogP contribution in [0.2, 0.25) is 0 Å². The third-order valence-electron chi connectivity index (χ3n) is 2.26. The summed E-state index contributed by atoms with van der Waals surface area (Å²) < 4.78 is 40.4. The smallest absolute Gasteiger partial charge is 0.378 e. The van der Waals surface area contributed by atoms with E-state index in [9.17, 15) is 13.2 Å². The summed E-state index contributed by atoms with van der Waals surface area (Å²) in [6, 6.07) is 0.488. The van der Waals surface area contributed by atoms with Gasteiger partial charge in [-0.2, -0.15) is 13.2 Å². The molecule has 1 saturated heterocycles. The Labute approximate surface area is 81.8 Å². The Balaban J connectivity index is 1.99. The lowest BCUT2D eigenvalue weighted by Crippen LogP contribution is -2.49. The van der Waals surface area contributed by atoms with Crippen molar-refractivity contribution in [3.05, 3.63) is 0 Å². The van der Waals surface area contributed by atoms with Gasteiger partial charge in [0.1, 0.15) is 0 Å². The van der Waals surface area contributed by atoms with Crippen LogP contribution in [0.4, 0.5) is 13.2 Å². The standard InChI is InChI=1S/C9H16F3NO/c1-7(13-8-5-14-6-8)3-2-4-9(10,11)12/h7-8,13H,2-6H2,1H3. The van der Waals surface area contributed by atoms with Crippen molar-refractivity contribution in [3.8, 4) is 0 Å². The molecule has 1 fully saturated rings. The highest BCUT2D eigenvalue weighted by Gasteiger charge is 2.27. The van der Waals surface area contributed by atoms with Crippen LogP contribution in [0.15, 0.2) is 0 Å². The van der Waals surface area contributed by atoms with Gasteiger partial charge >= 0.3 is 6.18 Å². The van der Waals surface area contributed by atoms with Crippen molar-refractivity contribution in [2.75, 3.05) is 13.2 Å². The van der Waals surface area contributed by atoms with E-state index >= 15 is 0 Å². The highest BCUT2D eigenvalue weighted by Crippen LogP contribution is 2.22. The molecule has 0 bridgehead atoms. The van der Waals surface area contributed by atoms with E-state index in [-0.39, 0.29) is 12.5 Å². The first kappa shape index (κ1) is 11.8. The minimum absolute atomic E-state index is 0.145. The molecule has 0 amide bonds. The lowest BCUT2D eigenvalue weighted by Gasteiger charge is -2.30. The molecule has 2 nitrogen and oxygen atoms in total. The summed E-state index contributed by atoms with van der Waals surface area (Å²) in [5.41, 5.74) is 0. The Morgan fingerprint density at radius 3 is 2.50 bits per heavy atom. The van der Waals surface area contributed by atoms with Crippen molar-refractivity contribution in [2.24, 2.45) is 0 Å². The van der Waals surface area contributed by atoms with Crippen LogP contribution in [0.3, 0.4) is 0 Å². The molecular formula is C9H16F3NO. The number of rotatable bonds is 5. The zero-order valence-corrected chi connectivity index (χ0v) is 8.23. The van der Waals surface area contributed by atoms with Crippen LogP contribution in [0, 0.1) is 0 Å². The van der Waals surface area contributed by atoms with Crippen LogP contribution in [0.5, 0.6) is 0 Å². The summed E-state index contributed by atoms with van der Waals surface area (Å²) >= 11 is 0. The SMILES string of the molecule is CC(CCCC(F)(F)F)NC1COC1. The minimum Gasteiger partial charge on any atom is -0.378 e. The molecule has 0 aliphatic carbocycles. The highest BCUT2D eigenvalue weighted by atomic mass is 19.4. The molecular weight excluding hydrogens is 195 g/mol. The summed E-state index contributed by atoms with van der Waals surface area (Å²) in [6.45, 7) is 3.28. The maximum absolute atomic E-state index is 11.8. The van der Waals surface area contributed by atoms with E-state index in [0.29, 0.717) is 25.7 Å². The molecule has 1 N–H and O–H groups in total. The summed E-state index contributed by atoms with van der Waals surface area (Å²) in [7, 11) is 0. The first-order valence-corrected chi connectivity index (χ1v) is 4.88. The van der Waals surface area contributed by atoms with Gasteiger partial charge in [-0.1, -0.05) is 0 Å². The number of hydrogen-bond acceptors (Lipinski definition) is 2. The van der Waals surface area contributed by atoms with Gasteiger partial charge in [0, 0.05) is 12.5 Å². The Morgan fingerprint density at radius 2 is 2.07 bits per heavy atom. The summed E-state index contributed by atoms with van der Waals surface area (Å²) in [5.74, 6) is 0. The van der Waals surface area contributed by atoms with Gasteiger partial charge in [0.2, 0.25) is 0 Å². The number of hydrogen-bond donors (Lipinski definition) is 1. The van der Waals surface area contributed by atoms with Crippen LogP contribution in [0.1, 0.15) is 26.2 Å². The molecule has 84 valence electrons. The molecule has 1 aliphatic heterocycles. The van der Waals surface area contributed by atoms with Gasteiger partial charge in [-0.05, 0) is 19.8 Å². The monoisotopic (exact) mass is 211 g/mol. The quantitative estimate of drug-likeness (QED) is 0.751. The zero-order chi connectivity index (χ0) is 10.6. The average molecular weight is 211 g/mol. The maximum Gasteiger partial charge on any atom is 0.389 e. The molecule has 0 saturated carbocycles. The van der Waals surface area contributed by atoms with E-state index in [4.69, 9.17) is 4.74 Å². The normalized spacial score (nSPS) is 20.6. The van der Waals surface area contributed by atoms with E-state index < -0.39 is 12.6 Å². The molecule has 1 atom stereocenters. The van der Waals surface area contributed by atoms with E-state index in [1.165, 1.54) is 0 Å². The Morgan fingerprint density at radius 1 is 1.43 bits per heavy atom. The molecule has 0 aromatic heterocycles. The van der Waals surface area contributed by atoms with Crippen molar-refractivity contribution in [2.45, 2.75) is 44.4 Å². The van der Waals surface area contributed by atoms with Gasteiger partial charge in [0.15, 0.2) is 0 Å². The molecule has 1 heterocycles. The second-order valence-electron chi connectivity index (χ2n) is 3.81. The predicted molar refractivity (Wildman–Crippen MR) is 47.1 cm³/mol. The molecule has 1 aliphatic rings. The number of halogens is 3. The molecule has 0 aromatic rings. The fourth-order valence-electron chi connectivity index (χ4n) is 1.43. The number of alkyl halides is 3. The average Bonchev–Trinajstić information content (AvgIpc) is 1.94. The van der Waals surface area contributed by atoms with Crippen molar-refractivity contribution in [1.29, 1.82) is 0 Å². The molecule has 0 aromatic carbocycles. The van der Waals surface area contributed by atoms with Crippen LogP contribution < -0.4 is 5.32 Å². The van der Waals surface area contributed by atoms with Crippen molar-refractivity contribution in [3.63, 3.8) is 0 Å². The molecule has 5 heteroatoms. The topological polar surface area (TPSA) is 21.3 Å². The fourth-order valence-corrected chi connectivity index (χ4v) is 1.43. The molecule has 14 heavy (non-hydrogen) atoms. The molecule has 1 rings (SSSR count). The highest BCUT2D eigenvalue weighted by molar-refractivity contribution is 4.76. The van der Waals surface area contributed by atoms with Gasteiger partial charge in [0.25, 0.3) is 0 Å².